The van der Waals surface area contributed by atoms with Gasteiger partial charge in [-0.2, -0.15) is 0 Å². The van der Waals surface area contributed by atoms with E-state index < -0.39 is 11.8 Å². The molecule has 2 N–H and O–H groups in total. The Balaban J connectivity index is 1.58. The monoisotopic (exact) mass is 375 g/mol. The van der Waals surface area contributed by atoms with Crippen molar-refractivity contribution in [2.45, 2.75) is 57.0 Å². The van der Waals surface area contributed by atoms with Crippen LogP contribution < -0.4 is 5.32 Å². The first-order chi connectivity index (χ1) is 12.9. The number of H-pyrrole nitrogens is 1. The summed E-state index contributed by atoms with van der Waals surface area (Å²) in [5, 5.41) is 4.00. The van der Waals surface area contributed by atoms with E-state index in [0.717, 1.165) is 12.8 Å². The molecule has 1 amide bonds. The van der Waals surface area contributed by atoms with Gasteiger partial charge in [0.1, 0.15) is 17.8 Å². The van der Waals surface area contributed by atoms with Gasteiger partial charge < -0.3 is 15.2 Å². The topological polar surface area (TPSA) is 73.9 Å². The highest BCUT2D eigenvalue weighted by Gasteiger charge is 2.58. The van der Waals surface area contributed by atoms with Crippen LogP contribution in [-0.2, 0) is 4.79 Å². The molecule has 1 saturated carbocycles. The molecule has 8 heteroatoms. The lowest BCUT2D eigenvalue weighted by Crippen LogP contribution is -2.49. The summed E-state index contributed by atoms with van der Waals surface area (Å²) in [5.74, 6) is -2.89. The number of anilines is 1. The highest BCUT2D eigenvalue weighted by atomic mass is 19.3. The minimum Gasteiger partial charge on any atom is -0.365 e. The number of aromatic nitrogens is 3. The molecule has 0 unspecified atom stereocenters. The molecular weight excluding hydrogens is 352 g/mol. The predicted molar refractivity (Wildman–Crippen MR) is 98.8 cm³/mol. The number of piperidine rings is 1. The molecule has 3 atom stereocenters. The molecule has 4 rings (SSSR count). The first-order valence-corrected chi connectivity index (χ1v) is 9.30. The molecular formula is C19H23F2N5O. The second-order valence-electron chi connectivity index (χ2n) is 7.47. The van der Waals surface area contributed by atoms with Crippen molar-refractivity contribution >= 4 is 22.8 Å². The lowest BCUT2D eigenvalue weighted by molar-refractivity contribution is -0.129. The van der Waals surface area contributed by atoms with Crippen LogP contribution in [0, 0.1) is 0 Å². The molecule has 6 nitrogen and oxygen atoms in total. The molecule has 3 heterocycles. The van der Waals surface area contributed by atoms with E-state index in [1.165, 1.54) is 6.33 Å². The van der Waals surface area contributed by atoms with E-state index in [2.05, 4.69) is 20.3 Å². The summed E-state index contributed by atoms with van der Waals surface area (Å²) in [7, 11) is 0. The quantitative estimate of drug-likeness (QED) is 0.803. The van der Waals surface area contributed by atoms with Gasteiger partial charge in [0, 0.05) is 31.2 Å². The number of rotatable bonds is 4. The van der Waals surface area contributed by atoms with Gasteiger partial charge in [-0.25, -0.2) is 18.7 Å². The minimum absolute atomic E-state index is 0.00992. The second kappa shape index (κ2) is 6.58. The molecule has 1 aliphatic carbocycles. The number of fused-ring (bicyclic) bond motifs is 1. The van der Waals surface area contributed by atoms with Crippen LogP contribution in [0.2, 0.25) is 0 Å². The zero-order chi connectivity index (χ0) is 19.2. The van der Waals surface area contributed by atoms with E-state index in [9.17, 15) is 13.6 Å². The van der Waals surface area contributed by atoms with E-state index in [-0.39, 0.29) is 24.4 Å². The molecule has 1 saturated heterocycles. The third-order valence-corrected chi connectivity index (χ3v) is 5.52. The van der Waals surface area contributed by atoms with E-state index in [1.54, 1.807) is 18.3 Å². The van der Waals surface area contributed by atoms with Crippen molar-refractivity contribution in [1.82, 2.24) is 19.9 Å². The van der Waals surface area contributed by atoms with Gasteiger partial charge in [-0.05, 0) is 38.3 Å². The number of likely N-dealkylation sites (tertiary alicyclic amines) is 1. The van der Waals surface area contributed by atoms with Gasteiger partial charge >= 0.3 is 0 Å². The summed E-state index contributed by atoms with van der Waals surface area (Å²) < 4.78 is 27.2. The van der Waals surface area contributed by atoms with Crippen molar-refractivity contribution < 1.29 is 13.6 Å². The smallest absolute Gasteiger partial charge is 0.256 e. The van der Waals surface area contributed by atoms with Crippen LogP contribution in [0.1, 0.15) is 44.6 Å². The van der Waals surface area contributed by atoms with Gasteiger partial charge in [0.15, 0.2) is 0 Å². The fourth-order valence-electron chi connectivity index (χ4n) is 3.89. The number of allylic oxidation sites excluding steroid dienone is 1. The number of nitrogens with one attached hydrogen (secondary N) is 2. The summed E-state index contributed by atoms with van der Waals surface area (Å²) in [4.78, 5) is 25.6. The molecule has 2 aliphatic rings. The Morgan fingerprint density at radius 3 is 2.89 bits per heavy atom. The standard InChI is InChI=1S/C19H23F2N5O/c1-3-4-15(27)26-9-12(6-5-11(26)2)25-18-16-13(14-7-19(14,20)21)8-22-17(16)23-10-24-18/h3-4,8,10-12,14H,5-7,9H2,1-2H3,(H2,22,23,24,25)/b4-3+/t11-,12+,14-/m0/s1. The maximum Gasteiger partial charge on any atom is 0.256 e. The van der Waals surface area contributed by atoms with Crippen molar-refractivity contribution in [3.63, 3.8) is 0 Å². The third kappa shape index (κ3) is 3.28. The molecule has 2 aromatic rings. The van der Waals surface area contributed by atoms with Gasteiger partial charge in [-0.1, -0.05) is 6.08 Å². The predicted octanol–water partition coefficient (Wildman–Crippen LogP) is 3.45. The molecule has 0 bridgehead atoms. The lowest BCUT2D eigenvalue weighted by Gasteiger charge is -2.38. The molecule has 144 valence electrons. The number of carbonyl (C=O) groups is 1. The number of halogens is 2. The van der Waals surface area contributed by atoms with Crippen LogP contribution in [0.5, 0.6) is 0 Å². The van der Waals surface area contributed by atoms with Crippen LogP contribution >= 0.6 is 0 Å². The number of nitrogens with zero attached hydrogens (tertiary/aromatic N) is 3. The van der Waals surface area contributed by atoms with Crippen molar-refractivity contribution in [3.8, 4) is 0 Å². The van der Waals surface area contributed by atoms with Crippen LogP contribution in [0.4, 0.5) is 14.6 Å². The van der Waals surface area contributed by atoms with Crippen molar-refractivity contribution in [2.75, 3.05) is 11.9 Å². The zero-order valence-corrected chi connectivity index (χ0v) is 15.4. The number of amides is 1. The maximum absolute atomic E-state index is 13.6. The van der Waals surface area contributed by atoms with Crippen LogP contribution in [0.15, 0.2) is 24.7 Å². The molecule has 2 fully saturated rings. The van der Waals surface area contributed by atoms with Gasteiger partial charge in [-0.3, -0.25) is 4.79 Å². The highest BCUT2D eigenvalue weighted by molar-refractivity contribution is 5.91. The Bertz CT molecular complexity index is 893. The summed E-state index contributed by atoms with van der Waals surface area (Å²) >= 11 is 0. The van der Waals surface area contributed by atoms with E-state index in [4.69, 9.17) is 0 Å². The van der Waals surface area contributed by atoms with Gasteiger partial charge in [0.05, 0.1) is 11.3 Å². The zero-order valence-electron chi connectivity index (χ0n) is 15.4. The SMILES string of the molecule is C/C=C/C(=O)N1C[C@H](Nc2ncnc3[nH]cc([C@@H]4CC4(F)F)c23)CC[C@@H]1C. The first-order valence-electron chi connectivity index (χ1n) is 9.30. The van der Waals surface area contributed by atoms with Crippen LogP contribution in [0.3, 0.4) is 0 Å². The number of hydrogen-bond donors (Lipinski definition) is 2. The lowest BCUT2D eigenvalue weighted by atomic mass is 9.99. The number of aromatic amines is 1. The molecule has 2 aromatic heterocycles. The van der Waals surface area contributed by atoms with Crippen molar-refractivity contribution in [1.29, 1.82) is 0 Å². The fraction of sp³-hybridized carbons (Fsp3) is 0.526. The number of hydrogen-bond acceptors (Lipinski definition) is 4. The van der Waals surface area contributed by atoms with Crippen molar-refractivity contribution in [3.05, 3.63) is 30.2 Å². The first kappa shape index (κ1) is 17.9. The van der Waals surface area contributed by atoms with E-state index in [0.29, 0.717) is 29.0 Å². The fourth-order valence-corrected chi connectivity index (χ4v) is 3.89. The Morgan fingerprint density at radius 2 is 2.19 bits per heavy atom. The van der Waals surface area contributed by atoms with Crippen LogP contribution in [-0.4, -0.2) is 50.3 Å². The number of alkyl halides is 2. The third-order valence-electron chi connectivity index (χ3n) is 5.52. The van der Waals surface area contributed by atoms with Crippen LogP contribution in [0.25, 0.3) is 11.0 Å². The van der Waals surface area contributed by atoms with Crippen molar-refractivity contribution in [2.24, 2.45) is 0 Å². The Morgan fingerprint density at radius 1 is 1.41 bits per heavy atom. The summed E-state index contributed by atoms with van der Waals surface area (Å²) in [6, 6.07) is 0.182. The molecule has 0 aromatic carbocycles. The maximum atomic E-state index is 13.6. The Hall–Kier alpha value is -2.51. The second-order valence-corrected chi connectivity index (χ2v) is 7.47. The van der Waals surface area contributed by atoms with Gasteiger partial charge in [-0.15, -0.1) is 0 Å². The minimum atomic E-state index is -2.65. The van der Waals surface area contributed by atoms with E-state index >= 15 is 0 Å². The largest absolute Gasteiger partial charge is 0.365 e. The van der Waals surface area contributed by atoms with E-state index in [1.807, 2.05) is 18.7 Å². The summed E-state index contributed by atoms with van der Waals surface area (Å²) in [6.45, 7) is 4.41. The molecule has 27 heavy (non-hydrogen) atoms. The Kier molecular flexibility index (Phi) is 4.36. The summed E-state index contributed by atoms with van der Waals surface area (Å²) in [5.41, 5.74) is 1.11. The average molecular weight is 375 g/mol. The molecule has 1 aliphatic heterocycles. The number of carbonyl (C=O) groups excluding carboxylic acids is 1. The molecule has 0 radical (unpaired) electrons. The van der Waals surface area contributed by atoms with Gasteiger partial charge in [0.25, 0.3) is 5.92 Å². The normalized spacial score (nSPS) is 27.3. The van der Waals surface area contributed by atoms with Gasteiger partial charge in [0.2, 0.25) is 5.91 Å². The summed E-state index contributed by atoms with van der Waals surface area (Å²) in [6.07, 6.45) is 7.95. The highest BCUT2D eigenvalue weighted by Crippen LogP contribution is 2.57. The molecule has 0 spiro atoms. The Labute approximate surface area is 156 Å². The average Bonchev–Trinajstić information content (AvgIpc) is 3.06.